The number of para-hydroxylation sites is 1. The summed E-state index contributed by atoms with van der Waals surface area (Å²) in [5.74, 6) is 0. The van der Waals surface area contributed by atoms with E-state index >= 15 is 0 Å². The minimum atomic E-state index is 0.317. The molecule has 0 saturated heterocycles. The largest absolute Gasteiger partial charge is 0.338 e. The van der Waals surface area contributed by atoms with Crippen LogP contribution in [-0.2, 0) is 6.42 Å². The third-order valence-electron chi connectivity index (χ3n) is 5.21. The summed E-state index contributed by atoms with van der Waals surface area (Å²) in [6.07, 6.45) is 7.48. The zero-order valence-corrected chi connectivity index (χ0v) is 16.8. The lowest BCUT2D eigenvalue weighted by atomic mass is 9.93. The third kappa shape index (κ3) is 4.42. The van der Waals surface area contributed by atoms with Crippen LogP contribution in [0.4, 0.5) is 5.69 Å². The first-order valence-electron chi connectivity index (χ1n) is 9.41. The van der Waals surface area contributed by atoms with Crippen LogP contribution < -0.4 is 5.32 Å². The summed E-state index contributed by atoms with van der Waals surface area (Å²) in [5.41, 5.74) is 2.46. The monoisotopic (exact) mass is 372 g/mol. The second-order valence-electron chi connectivity index (χ2n) is 6.83. The molecular weight excluding hydrogens is 344 g/mol. The maximum Gasteiger partial charge on any atom is 0.174 e. The van der Waals surface area contributed by atoms with Crippen LogP contribution in [0.3, 0.4) is 0 Å². The average molecular weight is 373 g/mol. The number of hydrogen-bond acceptors (Lipinski definition) is 2. The van der Waals surface area contributed by atoms with E-state index in [-0.39, 0.29) is 0 Å². The Bertz CT molecular complexity index is 675. The molecular formula is C21H28N2S2. The molecule has 1 aromatic heterocycles. The maximum atomic E-state index is 5.92. The van der Waals surface area contributed by atoms with Crippen molar-refractivity contribution in [3.8, 4) is 0 Å². The fraction of sp³-hybridized carbons (Fsp3) is 0.476. The van der Waals surface area contributed by atoms with Crippen LogP contribution in [0, 0.1) is 0 Å². The van der Waals surface area contributed by atoms with Crippen molar-refractivity contribution < 1.29 is 0 Å². The van der Waals surface area contributed by atoms with E-state index in [2.05, 4.69) is 65.8 Å². The molecule has 134 valence electrons. The van der Waals surface area contributed by atoms with Gasteiger partial charge >= 0.3 is 0 Å². The van der Waals surface area contributed by atoms with E-state index in [9.17, 15) is 0 Å². The number of anilines is 1. The molecule has 1 saturated carbocycles. The molecule has 1 atom stereocenters. The predicted octanol–water partition coefficient (Wildman–Crippen LogP) is 6.40. The van der Waals surface area contributed by atoms with Crippen LogP contribution in [0.25, 0.3) is 0 Å². The molecule has 3 rings (SSSR count). The summed E-state index contributed by atoms with van der Waals surface area (Å²) in [6, 6.07) is 13.7. The smallest absolute Gasteiger partial charge is 0.174 e. The Labute approximate surface area is 161 Å². The summed E-state index contributed by atoms with van der Waals surface area (Å²) >= 11 is 7.74. The van der Waals surface area contributed by atoms with Crippen molar-refractivity contribution in [1.29, 1.82) is 0 Å². The summed E-state index contributed by atoms with van der Waals surface area (Å²) in [5, 5.41) is 6.59. The minimum Gasteiger partial charge on any atom is -0.338 e. The van der Waals surface area contributed by atoms with Gasteiger partial charge in [0.15, 0.2) is 5.11 Å². The predicted molar refractivity (Wildman–Crippen MR) is 113 cm³/mol. The molecule has 1 aliphatic rings. The maximum absolute atomic E-state index is 5.92. The molecule has 0 spiro atoms. The van der Waals surface area contributed by atoms with Crippen molar-refractivity contribution in [2.75, 3.05) is 5.32 Å². The van der Waals surface area contributed by atoms with Crippen molar-refractivity contribution in [1.82, 2.24) is 4.90 Å². The Morgan fingerprint density at radius 3 is 2.64 bits per heavy atom. The summed E-state index contributed by atoms with van der Waals surface area (Å²) in [6.45, 7) is 4.48. The van der Waals surface area contributed by atoms with Gasteiger partial charge in [0.05, 0.1) is 6.04 Å². The highest BCUT2D eigenvalue weighted by Crippen LogP contribution is 2.33. The SMILES string of the molecule is CCc1ccccc1NC(=S)N(C1CCCCC1)C(C)c1cccs1. The second-order valence-corrected chi connectivity index (χ2v) is 8.20. The highest BCUT2D eigenvalue weighted by Gasteiger charge is 2.29. The molecule has 2 aromatic rings. The van der Waals surface area contributed by atoms with Crippen LogP contribution in [0.2, 0.25) is 0 Å². The minimum absolute atomic E-state index is 0.317. The molecule has 2 nitrogen and oxygen atoms in total. The Balaban J connectivity index is 1.83. The Morgan fingerprint density at radius 1 is 1.20 bits per heavy atom. The van der Waals surface area contributed by atoms with Crippen molar-refractivity contribution in [3.63, 3.8) is 0 Å². The van der Waals surface area contributed by atoms with Gasteiger partial charge in [-0.3, -0.25) is 0 Å². The van der Waals surface area contributed by atoms with E-state index in [1.165, 1.54) is 42.5 Å². The topological polar surface area (TPSA) is 15.3 Å². The normalized spacial score (nSPS) is 16.4. The van der Waals surface area contributed by atoms with Gasteiger partial charge in [-0.15, -0.1) is 11.3 Å². The molecule has 1 aromatic carbocycles. The van der Waals surface area contributed by atoms with Crippen LogP contribution in [0.15, 0.2) is 41.8 Å². The van der Waals surface area contributed by atoms with Gasteiger partial charge in [-0.2, -0.15) is 0 Å². The van der Waals surface area contributed by atoms with Crippen molar-refractivity contribution in [2.24, 2.45) is 0 Å². The number of thiocarbonyl (C=S) groups is 1. The van der Waals surface area contributed by atoms with E-state index in [4.69, 9.17) is 12.2 Å². The number of hydrogen-bond donors (Lipinski definition) is 1. The fourth-order valence-electron chi connectivity index (χ4n) is 3.81. The van der Waals surface area contributed by atoms with Gasteiger partial charge in [-0.05, 0) is 61.5 Å². The number of rotatable bonds is 5. The van der Waals surface area contributed by atoms with Gasteiger partial charge in [0, 0.05) is 16.6 Å². The van der Waals surface area contributed by atoms with Crippen LogP contribution in [-0.4, -0.2) is 16.1 Å². The lowest BCUT2D eigenvalue weighted by molar-refractivity contribution is 0.205. The van der Waals surface area contributed by atoms with E-state index in [0.717, 1.165) is 17.2 Å². The zero-order chi connectivity index (χ0) is 17.6. The van der Waals surface area contributed by atoms with Crippen molar-refractivity contribution >= 4 is 34.4 Å². The van der Waals surface area contributed by atoms with Crippen molar-refractivity contribution in [2.45, 2.75) is 64.5 Å². The number of nitrogens with one attached hydrogen (secondary N) is 1. The van der Waals surface area contributed by atoms with E-state index in [0.29, 0.717) is 12.1 Å². The average Bonchev–Trinajstić information content (AvgIpc) is 3.18. The molecule has 1 fully saturated rings. The van der Waals surface area contributed by atoms with Crippen LogP contribution in [0.5, 0.6) is 0 Å². The summed E-state index contributed by atoms with van der Waals surface area (Å²) in [4.78, 5) is 3.85. The van der Waals surface area contributed by atoms with E-state index in [1.54, 1.807) is 0 Å². The molecule has 0 bridgehead atoms. The van der Waals surface area contributed by atoms with Crippen molar-refractivity contribution in [3.05, 3.63) is 52.2 Å². The Morgan fingerprint density at radius 2 is 1.96 bits per heavy atom. The number of nitrogens with zero attached hydrogens (tertiary/aromatic N) is 1. The van der Waals surface area contributed by atoms with Gasteiger partial charge in [0.1, 0.15) is 0 Å². The van der Waals surface area contributed by atoms with E-state index in [1.807, 2.05) is 11.3 Å². The van der Waals surface area contributed by atoms with Gasteiger partial charge in [0.25, 0.3) is 0 Å². The van der Waals surface area contributed by atoms with Crippen LogP contribution >= 0.6 is 23.6 Å². The number of thiophene rings is 1. The molecule has 0 amide bonds. The first-order chi connectivity index (χ1) is 12.2. The second kappa shape index (κ2) is 8.81. The summed E-state index contributed by atoms with van der Waals surface area (Å²) < 4.78 is 0. The molecule has 1 aliphatic carbocycles. The zero-order valence-electron chi connectivity index (χ0n) is 15.2. The highest BCUT2D eigenvalue weighted by atomic mass is 32.1. The van der Waals surface area contributed by atoms with Gasteiger partial charge < -0.3 is 10.2 Å². The van der Waals surface area contributed by atoms with Crippen LogP contribution in [0.1, 0.15) is 62.4 Å². The summed E-state index contributed by atoms with van der Waals surface area (Å²) in [7, 11) is 0. The molecule has 0 aliphatic heterocycles. The molecule has 1 N–H and O–H groups in total. The Hall–Kier alpha value is -1.39. The van der Waals surface area contributed by atoms with Gasteiger partial charge in [0.2, 0.25) is 0 Å². The van der Waals surface area contributed by atoms with E-state index < -0.39 is 0 Å². The molecule has 25 heavy (non-hydrogen) atoms. The third-order valence-corrected chi connectivity index (χ3v) is 6.57. The fourth-order valence-corrected chi connectivity index (χ4v) is 5.01. The quantitative estimate of drug-likeness (QED) is 0.611. The highest BCUT2D eigenvalue weighted by molar-refractivity contribution is 7.80. The molecule has 1 unspecified atom stereocenters. The Kier molecular flexibility index (Phi) is 6.49. The lowest BCUT2D eigenvalue weighted by Gasteiger charge is -2.40. The number of aryl methyl sites for hydroxylation is 1. The first kappa shape index (κ1) is 18.4. The molecule has 1 heterocycles. The molecule has 4 heteroatoms. The standard InChI is InChI=1S/C21H28N2S2/c1-3-17-10-7-8-13-19(17)22-21(24)23(18-11-5-4-6-12-18)16(2)20-14-9-15-25-20/h7-10,13-16,18H,3-6,11-12H2,1-2H3,(H,22,24). The number of benzene rings is 1. The first-order valence-corrected chi connectivity index (χ1v) is 10.7. The van der Waals surface area contributed by atoms with Gasteiger partial charge in [-0.1, -0.05) is 50.5 Å². The molecule has 0 radical (unpaired) electrons. The lowest BCUT2D eigenvalue weighted by Crippen LogP contribution is -2.45. The van der Waals surface area contributed by atoms with Gasteiger partial charge in [-0.25, -0.2) is 0 Å².